The van der Waals surface area contributed by atoms with Crippen LogP contribution in [0.2, 0.25) is 0 Å². The lowest BCUT2D eigenvalue weighted by molar-refractivity contribution is 0.287. The molecular weight excluding hydrogens is 312 g/mol. The van der Waals surface area contributed by atoms with E-state index in [2.05, 4.69) is 0 Å². The monoisotopic (exact) mass is 332 g/mol. The maximum atomic E-state index is 11.6. The summed E-state index contributed by atoms with van der Waals surface area (Å²) >= 11 is 6.48. The molecule has 0 aromatic heterocycles. The first-order valence-electron chi connectivity index (χ1n) is 7.21. The third kappa shape index (κ3) is 4.04. The third-order valence-corrected chi connectivity index (χ3v) is 5.97. The van der Waals surface area contributed by atoms with E-state index in [1.165, 1.54) is 0 Å². The molecule has 1 fully saturated rings. The van der Waals surface area contributed by atoms with E-state index in [0.29, 0.717) is 31.1 Å². The maximum absolute atomic E-state index is 11.6. The van der Waals surface area contributed by atoms with E-state index in [4.69, 9.17) is 21.1 Å². The van der Waals surface area contributed by atoms with Crippen LogP contribution in [0.3, 0.4) is 0 Å². The average molecular weight is 333 g/mol. The minimum atomic E-state index is -2.93. The molecule has 21 heavy (non-hydrogen) atoms. The number of benzene rings is 1. The summed E-state index contributed by atoms with van der Waals surface area (Å²) in [5.74, 6) is 1.70. The van der Waals surface area contributed by atoms with Gasteiger partial charge in [-0.3, -0.25) is 0 Å². The molecule has 1 saturated heterocycles. The fraction of sp³-hybridized carbons (Fsp3) is 0.600. The van der Waals surface area contributed by atoms with Crippen molar-refractivity contribution >= 4 is 21.4 Å². The first-order chi connectivity index (χ1) is 9.96. The lowest BCUT2D eigenvalue weighted by Crippen LogP contribution is -2.11. The molecule has 0 radical (unpaired) electrons. The summed E-state index contributed by atoms with van der Waals surface area (Å²) in [6.45, 7) is 4.92. The summed E-state index contributed by atoms with van der Waals surface area (Å²) in [5, 5.41) is -0.322. The van der Waals surface area contributed by atoms with Gasteiger partial charge in [0.05, 0.1) is 30.1 Å². The Morgan fingerprint density at radius 2 is 1.90 bits per heavy atom. The van der Waals surface area contributed by atoms with Crippen molar-refractivity contribution in [3.8, 4) is 11.5 Å². The van der Waals surface area contributed by atoms with Crippen molar-refractivity contribution < 1.29 is 17.9 Å². The van der Waals surface area contributed by atoms with Crippen LogP contribution in [0, 0.1) is 5.92 Å². The first-order valence-corrected chi connectivity index (χ1v) is 9.46. The molecule has 0 bridgehead atoms. The fourth-order valence-corrected chi connectivity index (χ4v) is 4.86. The second kappa shape index (κ2) is 6.88. The van der Waals surface area contributed by atoms with Crippen LogP contribution in [0.1, 0.15) is 31.2 Å². The molecule has 0 saturated carbocycles. The molecule has 2 rings (SSSR count). The molecule has 1 aliphatic heterocycles. The second-order valence-corrected chi connectivity index (χ2v) is 7.84. The predicted octanol–water partition coefficient (Wildman–Crippen LogP) is 3.20. The number of alkyl halides is 1. The third-order valence-electron chi connectivity index (χ3n) is 3.57. The molecule has 0 amide bonds. The van der Waals surface area contributed by atoms with Crippen molar-refractivity contribution in [2.45, 2.75) is 25.6 Å². The van der Waals surface area contributed by atoms with Gasteiger partial charge in [0, 0.05) is 0 Å². The highest BCUT2D eigenvalue weighted by molar-refractivity contribution is 7.91. The molecule has 1 aliphatic rings. The second-order valence-electron chi connectivity index (χ2n) is 5.14. The molecule has 0 N–H and O–H groups in total. The SMILES string of the molecule is CCOc1ccc(C(Cl)C2CCS(=O)(=O)C2)cc1OCC. The molecule has 4 nitrogen and oxygen atoms in total. The van der Waals surface area contributed by atoms with Gasteiger partial charge in [-0.05, 0) is 43.9 Å². The molecule has 118 valence electrons. The lowest BCUT2D eigenvalue weighted by atomic mass is 9.98. The molecule has 2 atom stereocenters. The van der Waals surface area contributed by atoms with Crippen molar-refractivity contribution in [3.05, 3.63) is 23.8 Å². The van der Waals surface area contributed by atoms with Gasteiger partial charge >= 0.3 is 0 Å². The van der Waals surface area contributed by atoms with E-state index in [0.717, 1.165) is 5.56 Å². The van der Waals surface area contributed by atoms with E-state index in [-0.39, 0.29) is 22.8 Å². The minimum Gasteiger partial charge on any atom is -0.490 e. The Kier molecular flexibility index (Phi) is 5.38. The summed E-state index contributed by atoms with van der Waals surface area (Å²) in [5.41, 5.74) is 0.880. The Balaban J connectivity index is 2.21. The van der Waals surface area contributed by atoms with Crippen molar-refractivity contribution in [2.75, 3.05) is 24.7 Å². The zero-order chi connectivity index (χ0) is 15.5. The maximum Gasteiger partial charge on any atom is 0.161 e. The normalized spacial score (nSPS) is 22.0. The number of sulfone groups is 1. The fourth-order valence-electron chi connectivity index (χ4n) is 2.57. The molecule has 6 heteroatoms. The van der Waals surface area contributed by atoms with Gasteiger partial charge in [-0.15, -0.1) is 11.6 Å². The highest BCUT2D eigenvalue weighted by Gasteiger charge is 2.33. The number of halogens is 1. The average Bonchev–Trinajstić information content (AvgIpc) is 2.81. The van der Waals surface area contributed by atoms with Crippen LogP contribution in [-0.2, 0) is 9.84 Å². The van der Waals surface area contributed by atoms with E-state index in [1.54, 1.807) is 0 Å². The summed E-state index contributed by atoms with van der Waals surface area (Å²) in [6, 6.07) is 5.58. The summed E-state index contributed by atoms with van der Waals surface area (Å²) < 4.78 is 34.3. The Hall–Kier alpha value is -0.940. The van der Waals surface area contributed by atoms with Gasteiger partial charge in [-0.25, -0.2) is 8.42 Å². The minimum absolute atomic E-state index is 0.0379. The van der Waals surface area contributed by atoms with E-state index >= 15 is 0 Å². The van der Waals surface area contributed by atoms with Crippen LogP contribution < -0.4 is 9.47 Å². The zero-order valence-electron chi connectivity index (χ0n) is 12.3. The zero-order valence-corrected chi connectivity index (χ0v) is 13.9. The topological polar surface area (TPSA) is 52.6 Å². The van der Waals surface area contributed by atoms with E-state index < -0.39 is 9.84 Å². The van der Waals surface area contributed by atoms with Gasteiger partial charge in [0.1, 0.15) is 0 Å². The largest absolute Gasteiger partial charge is 0.490 e. The molecule has 2 unspecified atom stereocenters. The Morgan fingerprint density at radius 3 is 2.48 bits per heavy atom. The van der Waals surface area contributed by atoms with Crippen LogP contribution in [0.15, 0.2) is 18.2 Å². The lowest BCUT2D eigenvalue weighted by Gasteiger charge is -2.18. The smallest absolute Gasteiger partial charge is 0.161 e. The standard InChI is InChI=1S/C15H21ClO4S/c1-3-19-13-6-5-11(9-14(13)20-4-2)15(16)12-7-8-21(17,18)10-12/h5-6,9,12,15H,3-4,7-8,10H2,1-2H3. The summed E-state index contributed by atoms with van der Waals surface area (Å²) in [7, 11) is -2.93. The van der Waals surface area contributed by atoms with Gasteiger partial charge in [0.2, 0.25) is 0 Å². The highest BCUT2D eigenvalue weighted by atomic mass is 35.5. The molecule has 0 aliphatic carbocycles. The number of ether oxygens (including phenoxy) is 2. The van der Waals surface area contributed by atoms with E-state index in [1.807, 2.05) is 32.0 Å². The molecule has 1 aromatic rings. The van der Waals surface area contributed by atoms with Crippen molar-refractivity contribution in [2.24, 2.45) is 5.92 Å². The Morgan fingerprint density at radius 1 is 1.24 bits per heavy atom. The van der Waals surface area contributed by atoms with Gasteiger partial charge in [0.15, 0.2) is 21.3 Å². The number of hydrogen-bond donors (Lipinski definition) is 0. The predicted molar refractivity (Wildman–Crippen MR) is 84.1 cm³/mol. The van der Waals surface area contributed by atoms with Crippen molar-refractivity contribution in [3.63, 3.8) is 0 Å². The number of rotatable bonds is 6. The van der Waals surface area contributed by atoms with Crippen molar-refractivity contribution in [1.82, 2.24) is 0 Å². The molecular formula is C15H21ClO4S. The van der Waals surface area contributed by atoms with Crippen LogP contribution in [0.25, 0.3) is 0 Å². The highest BCUT2D eigenvalue weighted by Crippen LogP contribution is 2.39. The van der Waals surface area contributed by atoms with Gasteiger partial charge in [0.25, 0.3) is 0 Å². The van der Waals surface area contributed by atoms with Gasteiger partial charge in [-0.1, -0.05) is 6.07 Å². The van der Waals surface area contributed by atoms with Crippen LogP contribution in [-0.4, -0.2) is 33.1 Å². The Bertz CT molecular complexity index is 585. The molecule has 1 aromatic carbocycles. The number of hydrogen-bond acceptors (Lipinski definition) is 4. The van der Waals surface area contributed by atoms with Gasteiger partial charge < -0.3 is 9.47 Å². The van der Waals surface area contributed by atoms with Crippen LogP contribution in [0.5, 0.6) is 11.5 Å². The quantitative estimate of drug-likeness (QED) is 0.751. The molecule has 0 spiro atoms. The van der Waals surface area contributed by atoms with Crippen molar-refractivity contribution in [1.29, 1.82) is 0 Å². The van der Waals surface area contributed by atoms with Crippen LogP contribution >= 0.6 is 11.6 Å². The summed E-state index contributed by atoms with van der Waals surface area (Å²) in [4.78, 5) is 0. The van der Waals surface area contributed by atoms with Crippen LogP contribution in [0.4, 0.5) is 0 Å². The first kappa shape index (κ1) is 16.4. The molecule has 1 heterocycles. The Labute approximate surface area is 131 Å². The van der Waals surface area contributed by atoms with E-state index in [9.17, 15) is 8.42 Å². The van der Waals surface area contributed by atoms with Gasteiger partial charge in [-0.2, -0.15) is 0 Å². The summed E-state index contributed by atoms with van der Waals surface area (Å²) in [6.07, 6.45) is 0.619.